The predicted octanol–water partition coefficient (Wildman–Crippen LogP) is 2.16. The van der Waals surface area contributed by atoms with Gasteiger partial charge in [-0.3, -0.25) is 4.79 Å². The molecular weight excluding hydrogens is 254 g/mol. The molecule has 1 saturated heterocycles. The van der Waals surface area contributed by atoms with E-state index < -0.39 is 0 Å². The van der Waals surface area contributed by atoms with Crippen LogP contribution in [-0.4, -0.2) is 40.2 Å². The second-order valence-electron chi connectivity index (χ2n) is 6.15. The maximum atomic E-state index is 12.5. The fourth-order valence-corrected chi connectivity index (χ4v) is 3.72. The van der Waals surface area contributed by atoms with Gasteiger partial charge < -0.3 is 15.1 Å². The Morgan fingerprint density at radius 1 is 1.20 bits per heavy atom. The SMILES string of the molecule is O=C(c1ccc(O)cc1)N1CCC[C@@]2(CCC[C@H]2O)C1. The summed E-state index contributed by atoms with van der Waals surface area (Å²) in [5.74, 6) is 0.172. The summed E-state index contributed by atoms with van der Waals surface area (Å²) in [4.78, 5) is 14.4. The summed E-state index contributed by atoms with van der Waals surface area (Å²) in [6.45, 7) is 1.42. The quantitative estimate of drug-likeness (QED) is 0.825. The number of phenols is 1. The van der Waals surface area contributed by atoms with Gasteiger partial charge in [0.15, 0.2) is 0 Å². The van der Waals surface area contributed by atoms with E-state index in [-0.39, 0.29) is 23.2 Å². The fraction of sp³-hybridized carbons (Fsp3) is 0.562. The van der Waals surface area contributed by atoms with E-state index in [1.165, 1.54) is 12.1 Å². The van der Waals surface area contributed by atoms with Crippen LogP contribution in [0.25, 0.3) is 0 Å². The smallest absolute Gasteiger partial charge is 0.253 e. The van der Waals surface area contributed by atoms with Crippen LogP contribution in [-0.2, 0) is 0 Å². The third-order valence-electron chi connectivity index (χ3n) is 4.87. The van der Waals surface area contributed by atoms with Crippen LogP contribution < -0.4 is 0 Å². The molecule has 0 unspecified atom stereocenters. The highest BCUT2D eigenvalue weighted by Crippen LogP contribution is 2.45. The monoisotopic (exact) mass is 275 g/mol. The molecule has 1 heterocycles. The first-order valence-electron chi connectivity index (χ1n) is 7.37. The Morgan fingerprint density at radius 2 is 1.90 bits per heavy atom. The van der Waals surface area contributed by atoms with Crippen LogP contribution in [0.2, 0.25) is 0 Å². The number of likely N-dealkylation sites (tertiary alicyclic amines) is 1. The maximum Gasteiger partial charge on any atom is 0.253 e. The van der Waals surface area contributed by atoms with Crippen LogP contribution in [0.15, 0.2) is 24.3 Å². The van der Waals surface area contributed by atoms with Crippen molar-refractivity contribution in [2.45, 2.75) is 38.2 Å². The minimum absolute atomic E-state index is 0.00294. The molecule has 1 saturated carbocycles. The number of piperidine rings is 1. The highest BCUT2D eigenvalue weighted by Gasteiger charge is 2.45. The molecule has 1 amide bonds. The Hall–Kier alpha value is -1.55. The molecule has 0 aromatic heterocycles. The van der Waals surface area contributed by atoms with Crippen LogP contribution in [0.1, 0.15) is 42.5 Å². The van der Waals surface area contributed by atoms with Gasteiger partial charge in [-0.1, -0.05) is 6.42 Å². The summed E-state index contributed by atoms with van der Waals surface area (Å²) < 4.78 is 0. The van der Waals surface area contributed by atoms with Crippen LogP contribution in [0.3, 0.4) is 0 Å². The fourth-order valence-electron chi connectivity index (χ4n) is 3.72. The van der Waals surface area contributed by atoms with E-state index in [0.29, 0.717) is 12.1 Å². The Balaban J connectivity index is 1.76. The van der Waals surface area contributed by atoms with Gasteiger partial charge in [-0.05, 0) is 49.9 Å². The van der Waals surface area contributed by atoms with Gasteiger partial charge >= 0.3 is 0 Å². The number of hydrogen-bond donors (Lipinski definition) is 2. The first kappa shape index (κ1) is 13.4. The van der Waals surface area contributed by atoms with Crippen LogP contribution >= 0.6 is 0 Å². The van der Waals surface area contributed by atoms with Crippen molar-refractivity contribution in [3.8, 4) is 5.75 Å². The number of rotatable bonds is 1. The molecular formula is C16H21NO3. The number of amides is 1. The zero-order valence-corrected chi connectivity index (χ0v) is 11.6. The maximum absolute atomic E-state index is 12.5. The van der Waals surface area contributed by atoms with E-state index in [1.54, 1.807) is 12.1 Å². The number of phenolic OH excluding ortho intramolecular Hbond substituents is 1. The number of aliphatic hydroxyl groups is 1. The van der Waals surface area contributed by atoms with Gasteiger partial charge in [0, 0.05) is 24.1 Å². The van der Waals surface area contributed by atoms with E-state index in [0.717, 1.165) is 38.6 Å². The van der Waals surface area contributed by atoms with Crippen molar-refractivity contribution in [2.24, 2.45) is 5.41 Å². The zero-order valence-electron chi connectivity index (χ0n) is 11.6. The molecule has 108 valence electrons. The summed E-state index contributed by atoms with van der Waals surface area (Å²) in [6.07, 6.45) is 4.66. The van der Waals surface area contributed by atoms with Gasteiger partial charge in [-0.15, -0.1) is 0 Å². The van der Waals surface area contributed by atoms with Gasteiger partial charge in [0.1, 0.15) is 5.75 Å². The van der Waals surface area contributed by atoms with E-state index in [9.17, 15) is 15.0 Å². The third-order valence-corrected chi connectivity index (χ3v) is 4.87. The van der Waals surface area contributed by atoms with Crippen molar-refractivity contribution in [3.63, 3.8) is 0 Å². The number of benzene rings is 1. The summed E-state index contributed by atoms with van der Waals surface area (Å²) in [6, 6.07) is 6.39. The average Bonchev–Trinajstić information content (AvgIpc) is 2.80. The van der Waals surface area contributed by atoms with Crippen LogP contribution in [0, 0.1) is 5.41 Å². The standard InChI is InChI=1S/C16H21NO3/c18-13-6-4-12(5-7-13)15(20)17-10-2-9-16(11-17)8-1-3-14(16)19/h4-7,14,18-19H,1-3,8-11H2/t14-,16+/m1/s1. The Bertz CT molecular complexity index is 499. The van der Waals surface area contributed by atoms with Crippen molar-refractivity contribution in [2.75, 3.05) is 13.1 Å². The molecule has 1 spiro atoms. The lowest BCUT2D eigenvalue weighted by molar-refractivity contribution is -0.00535. The lowest BCUT2D eigenvalue weighted by atomic mass is 9.76. The Kier molecular flexibility index (Phi) is 3.42. The highest BCUT2D eigenvalue weighted by molar-refractivity contribution is 5.94. The summed E-state index contributed by atoms with van der Waals surface area (Å²) in [5, 5.41) is 19.5. The summed E-state index contributed by atoms with van der Waals surface area (Å²) >= 11 is 0. The molecule has 2 fully saturated rings. The lowest BCUT2D eigenvalue weighted by Crippen LogP contribution is -2.49. The van der Waals surface area contributed by atoms with E-state index in [2.05, 4.69) is 0 Å². The Morgan fingerprint density at radius 3 is 2.55 bits per heavy atom. The number of hydrogen-bond acceptors (Lipinski definition) is 3. The third kappa shape index (κ3) is 2.29. The molecule has 2 atom stereocenters. The number of nitrogens with zero attached hydrogens (tertiary/aromatic N) is 1. The van der Waals surface area contributed by atoms with Crippen molar-refractivity contribution >= 4 is 5.91 Å². The van der Waals surface area contributed by atoms with Crippen LogP contribution in [0.5, 0.6) is 5.75 Å². The van der Waals surface area contributed by atoms with E-state index in [4.69, 9.17) is 0 Å². The predicted molar refractivity (Wildman–Crippen MR) is 75.5 cm³/mol. The molecule has 1 aliphatic carbocycles. The molecule has 1 aromatic carbocycles. The van der Waals surface area contributed by atoms with Gasteiger partial charge in [0.2, 0.25) is 0 Å². The molecule has 0 bridgehead atoms. The van der Waals surface area contributed by atoms with Crippen LogP contribution in [0.4, 0.5) is 0 Å². The molecule has 0 radical (unpaired) electrons. The van der Waals surface area contributed by atoms with Gasteiger partial charge in [0.05, 0.1) is 6.10 Å². The normalized spacial score (nSPS) is 29.9. The molecule has 4 nitrogen and oxygen atoms in total. The molecule has 3 rings (SSSR count). The van der Waals surface area contributed by atoms with Gasteiger partial charge in [0.25, 0.3) is 5.91 Å². The van der Waals surface area contributed by atoms with Crippen molar-refractivity contribution in [1.29, 1.82) is 0 Å². The number of aromatic hydroxyl groups is 1. The average molecular weight is 275 g/mol. The molecule has 1 aromatic rings. The molecule has 2 N–H and O–H groups in total. The van der Waals surface area contributed by atoms with Crippen molar-refractivity contribution in [3.05, 3.63) is 29.8 Å². The van der Waals surface area contributed by atoms with E-state index in [1.807, 2.05) is 4.90 Å². The molecule has 2 aliphatic rings. The largest absolute Gasteiger partial charge is 0.508 e. The first-order chi connectivity index (χ1) is 9.61. The van der Waals surface area contributed by atoms with Gasteiger partial charge in [-0.25, -0.2) is 0 Å². The molecule has 1 aliphatic heterocycles. The number of carbonyl (C=O) groups is 1. The van der Waals surface area contributed by atoms with E-state index >= 15 is 0 Å². The lowest BCUT2D eigenvalue weighted by Gasteiger charge is -2.42. The van der Waals surface area contributed by atoms with Crippen molar-refractivity contribution in [1.82, 2.24) is 4.90 Å². The number of aliphatic hydroxyl groups excluding tert-OH is 1. The highest BCUT2D eigenvalue weighted by atomic mass is 16.3. The van der Waals surface area contributed by atoms with Gasteiger partial charge in [-0.2, -0.15) is 0 Å². The summed E-state index contributed by atoms with van der Waals surface area (Å²) in [5.41, 5.74) is 0.525. The number of carbonyl (C=O) groups excluding carboxylic acids is 1. The minimum atomic E-state index is -0.266. The minimum Gasteiger partial charge on any atom is -0.508 e. The first-order valence-corrected chi connectivity index (χ1v) is 7.37. The Labute approximate surface area is 119 Å². The second-order valence-corrected chi connectivity index (χ2v) is 6.15. The topological polar surface area (TPSA) is 60.8 Å². The second kappa shape index (κ2) is 5.09. The molecule has 20 heavy (non-hydrogen) atoms. The molecule has 4 heteroatoms. The zero-order chi connectivity index (χ0) is 14.2. The van der Waals surface area contributed by atoms with Crippen molar-refractivity contribution < 1.29 is 15.0 Å². The summed E-state index contributed by atoms with van der Waals surface area (Å²) in [7, 11) is 0.